The Balaban J connectivity index is 2.64. The standard InChI is InChI=1S/C10H12N2O5S/c1-18(16,17)6-9(13)12-8-3-2-7(11-5-8)4-10(14)15/h2-3,5H,4,6H2,1H3,(H,12,13)(H,14,15). The van der Waals surface area contributed by atoms with Crippen molar-refractivity contribution in [1.29, 1.82) is 0 Å². The molecule has 0 aliphatic heterocycles. The molecule has 0 bridgehead atoms. The van der Waals surface area contributed by atoms with E-state index < -0.39 is 27.5 Å². The molecular weight excluding hydrogens is 260 g/mol. The Bertz CT molecular complexity index is 550. The van der Waals surface area contributed by atoms with E-state index in [0.29, 0.717) is 11.4 Å². The van der Waals surface area contributed by atoms with Gasteiger partial charge in [-0.25, -0.2) is 8.42 Å². The Kier molecular flexibility index (Phi) is 4.38. The van der Waals surface area contributed by atoms with Gasteiger partial charge in [0.2, 0.25) is 5.91 Å². The second-order valence-electron chi connectivity index (χ2n) is 3.73. The highest BCUT2D eigenvalue weighted by Crippen LogP contribution is 2.06. The number of sulfone groups is 1. The van der Waals surface area contributed by atoms with Gasteiger partial charge in [0, 0.05) is 6.26 Å². The summed E-state index contributed by atoms with van der Waals surface area (Å²) in [5, 5.41) is 10.9. The molecule has 2 N–H and O–H groups in total. The Morgan fingerprint density at radius 3 is 2.50 bits per heavy atom. The van der Waals surface area contributed by atoms with Crippen molar-refractivity contribution in [1.82, 2.24) is 4.98 Å². The van der Waals surface area contributed by atoms with Gasteiger partial charge in [0.25, 0.3) is 0 Å². The van der Waals surface area contributed by atoms with E-state index in [4.69, 9.17) is 5.11 Å². The average molecular weight is 272 g/mol. The highest BCUT2D eigenvalue weighted by atomic mass is 32.2. The van der Waals surface area contributed by atoms with Crippen molar-refractivity contribution in [3.05, 3.63) is 24.0 Å². The van der Waals surface area contributed by atoms with Gasteiger partial charge >= 0.3 is 5.97 Å². The lowest BCUT2D eigenvalue weighted by atomic mass is 10.2. The minimum Gasteiger partial charge on any atom is -0.481 e. The summed E-state index contributed by atoms with van der Waals surface area (Å²) < 4.78 is 21.7. The van der Waals surface area contributed by atoms with E-state index in [1.54, 1.807) is 0 Å². The van der Waals surface area contributed by atoms with Crippen molar-refractivity contribution >= 4 is 27.4 Å². The largest absolute Gasteiger partial charge is 0.481 e. The number of carboxylic acids is 1. The topological polar surface area (TPSA) is 113 Å². The average Bonchev–Trinajstić information content (AvgIpc) is 2.17. The first kappa shape index (κ1) is 14.1. The summed E-state index contributed by atoms with van der Waals surface area (Å²) >= 11 is 0. The lowest BCUT2D eigenvalue weighted by Crippen LogP contribution is -2.22. The summed E-state index contributed by atoms with van der Waals surface area (Å²) in [5.41, 5.74) is 0.668. The zero-order valence-electron chi connectivity index (χ0n) is 9.58. The molecule has 0 aromatic carbocycles. The number of anilines is 1. The Morgan fingerprint density at radius 1 is 1.39 bits per heavy atom. The molecule has 0 aliphatic carbocycles. The van der Waals surface area contributed by atoms with Crippen LogP contribution in [0.5, 0.6) is 0 Å². The van der Waals surface area contributed by atoms with Crippen LogP contribution in [0.1, 0.15) is 5.69 Å². The van der Waals surface area contributed by atoms with Crippen molar-refractivity contribution < 1.29 is 23.1 Å². The highest BCUT2D eigenvalue weighted by Gasteiger charge is 2.11. The molecule has 1 heterocycles. The first-order valence-electron chi connectivity index (χ1n) is 4.90. The molecule has 0 unspecified atom stereocenters. The quantitative estimate of drug-likeness (QED) is 0.760. The molecule has 0 fully saturated rings. The van der Waals surface area contributed by atoms with Crippen molar-refractivity contribution in [2.24, 2.45) is 0 Å². The Hall–Kier alpha value is -1.96. The van der Waals surface area contributed by atoms with Gasteiger partial charge in [-0.3, -0.25) is 14.6 Å². The van der Waals surface area contributed by atoms with Crippen LogP contribution in [0.15, 0.2) is 18.3 Å². The van der Waals surface area contributed by atoms with E-state index in [2.05, 4.69) is 10.3 Å². The summed E-state index contributed by atoms with van der Waals surface area (Å²) in [6, 6.07) is 2.91. The van der Waals surface area contributed by atoms with Gasteiger partial charge in [-0.1, -0.05) is 0 Å². The van der Waals surface area contributed by atoms with E-state index >= 15 is 0 Å². The molecule has 0 aliphatic rings. The number of rotatable bonds is 5. The van der Waals surface area contributed by atoms with E-state index in [1.165, 1.54) is 18.3 Å². The van der Waals surface area contributed by atoms with Crippen LogP contribution in [0.25, 0.3) is 0 Å². The maximum Gasteiger partial charge on any atom is 0.309 e. The molecule has 7 nitrogen and oxygen atoms in total. The second-order valence-corrected chi connectivity index (χ2v) is 5.87. The van der Waals surface area contributed by atoms with E-state index in [0.717, 1.165) is 6.26 Å². The monoisotopic (exact) mass is 272 g/mol. The SMILES string of the molecule is CS(=O)(=O)CC(=O)Nc1ccc(CC(=O)O)nc1. The number of nitrogens with one attached hydrogen (secondary N) is 1. The van der Waals surface area contributed by atoms with Crippen LogP contribution in [0, 0.1) is 0 Å². The first-order valence-corrected chi connectivity index (χ1v) is 6.96. The molecule has 1 aromatic rings. The fraction of sp³-hybridized carbons (Fsp3) is 0.300. The van der Waals surface area contributed by atoms with Gasteiger partial charge in [0.15, 0.2) is 9.84 Å². The van der Waals surface area contributed by atoms with Crippen molar-refractivity contribution in [3.63, 3.8) is 0 Å². The van der Waals surface area contributed by atoms with Crippen LogP contribution >= 0.6 is 0 Å². The number of carbonyl (C=O) groups excluding carboxylic acids is 1. The summed E-state index contributed by atoms with van der Waals surface area (Å²) in [5.74, 6) is -2.27. The van der Waals surface area contributed by atoms with Gasteiger partial charge in [-0.15, -0.1) is 0 Å². The number of aliphatic carboxylic acids is 1. The van der Waals surface area contributed by atoms with Crippen LogP contribution in [0.2, 0.25) is 0 Å². The second kappa shape index (κ2) is 5.58. The lowest BCUT2D eigenvalue weighted by molar-refractivity contribution is -0.136. The molecule has 98 valence electrons. The predicted molar refractivity (Wildman–Crippen MR) is 63.9 cm³/mol. The predicted octanol–water partition coefficient (Wildman–Crippen LogP) is -0.308. The van der Waals surface area contributed by atoms with Crippen molar-refractivity contribution in [2.45, 2.75) is 6.42 Å². The molecule has 1 rings (SSSR count). The van der Waals surface area contributed by atoms with Crippen molar-refractivity contribution in [3.8, 4) is 0 Å². The molecule has 1 amide bonds. The van der Waals surface area contributed by atoms with Gasteiger partial charge in [0.05, 0.1) is 24.0 Å². The molecule has 0 atom stereocenters. The van der Waals surface area contributed by atoms with Crippen LogP contribution < -0.4 is 5.32 Å². The zero-order chi connectivity index (χ0) is 13.8. The number of amides is 1. The Labute approximate surface area is 104 Å². The molecular formula is C10H12N2O5S. The Morgan fingerprint density at radius 2 is 2.06 bits per heavy atom. The number of carboxylic acid groups (broad SMARTS) is 1. The minimum absolute atomic E-state index is 0.211. The van der Waals surface area contributed by atoms with E-state index in [1.807, 2.05) is 0 Å². The van der Waals surface area contributed by atoms with Gasteiger partial charge < -0.3 is 10.4 Å². The fourth-order valence-corrected chi connectivity index (χ4v) is 1.74. The third kappa shape index (κ3) is 5.39. The van der Waals surface area contributed by atoms with Crippen molar-refractivity contribution in [2.75, 3.05) is 17.3 Å². The maximum absolute atomic E-state index is 11.3. The summed E-state index contributed by atoms with van der Waals surface area (Å²) in [7, 11) is -3.38. The number of carbonyl (C=O) groups is 2. The molecule has 18 heavy (non-hydrogen) atoms. The zero-order valence-corrected chi connectivity index (χ0v) is 10.4. The molecule has 0 saturated heterocycles. The smallest absolute Gasteiger partial charge is 0.309 e. The normalized spacial score (nSPS) is 10.9. The van der Waals surface area contributed by atoms with E-state index in [-0.39, 0.29) is 6.42 Å². The van der Waals surface area contributed by atoms with Gasteiger partial charge in [0.1, 0.15) is 5.75 Å². The number of pyridine rings is 1. The van der Waals surface area contributed by atoms with Crippen LogP contribution in [-0.2, 0) is 25.8 Å². The third-order valence-electron chi connectivity index (χ3n) is 1.83. The minimum atomic E-state index is -3.38. The molecule has 1 aromatic heterocycles. The van der Waals surface area contributed by atoms with Crippen LogP contribution in [0.3, 0.4) is 0 Å². The summed E-state index contributed by atoms with van der Waals surface area (Å²) in [6.07, 6.45) is 2.02. The fourth-order valence-electron chi connectivity index (χ4n) is 1.19. The summed E-state index contributed by atoms with van der Waals surface area (Å²) in [6.45, 7) is 0. The first-order chi connectivity index (χ1) is 8.26. The number of hydrogen-bond donors (Lipinski definition) is 2. The molecule has 0 spiro atoms. The molecule has 8 heteroatoms. The number of nitrogens with zero attached hydrogens (tertiary/aromatic N) is 1. The van der Waals surface area contributed by atoms with Crippen LogP contribution in [0.4, 0.5) is 5.69 Å². The molecule has 0 radical (unpaired) electrons. The highest BCUT2D eigenvalue weighted by molar-refractivity contribution is 7.91. The lowest BCUT2D eigenvalue weighted by Gasteiger charge is -2.04. The van der Waals surface area contributed by atoms with E-state index in [9.17, 15) is 18.0 Å². The molecule has 0 saturated carbocycles. The summed E-state index contributed by atoms with van der Waals surface area (Å²) in [4.78, 5) is 25.5. The number of aromatic nitrogens is 1. The van der Waals surface area contributed by atoms with Gasteiger partial charge in [-0.2, -0.15) is 0 Å². The number of hydrogen-bond acceptors (Lipinski definition) is 5. The third-order valence-corrected chi connectivity index (χ3v) is 2.62. The van der Waals surface area contributed by atoms with Crippen LogP contribution in [-0.4, -0.2) is 42.4 Å². The van der Waals surface area contributed by atoms with Gasteiger partial charge in [-0.05, 0) is 12.1 Å². The maximum atomic E-state index is 11.3.